The number of piperazine rings is 1. The van der Waals surface area contributed by atoms with Gasteiger partial charge in [0, 0.05) is 24.9 Å². The van der Waals surface area contributed by atoms with Gasteiger partial charge in [-0.25, -0.2) is 0 Å². The lowest BCUT2D eigenvalue weighted by Crippen LogP contribution is -3.13. The number of likely N-dealkylation sites (tertiary alicyclic amines) is 1. The second-order valence-electron chi connectivity index (χ2n) is 9.42. The summed E-state index contributed by atoms with van der Waals surface area (Å²) in [7, 11) is 0. The second-order valence-corrected chi connectivity index (χ2v) is 9.42. The zero-order valence-corrected chi connectivity index (χ0v) is 18.1. The summed E-state index contributed by atoms with van der Waals surface area (Å²) in [6.07, 6.45) is 4.93. The van der Waals surface area contributed by atoms with E-state index in [9.17, 15) is 14.4 Å². The Bertz CT molecular complexity index is 854. The lowest BCUT2D eigenvalue weighted by atomic mass is 9.81. The van der Waals surface area contributed by atoms with E-state index in [0.29, 0.717) is 0 Å². The Morgan fingerprint density at radius 3 is 2.48 bits per heavy atom. The van der Waals surface area contributed by atoms with Crippen LogP contribution in [0.2, 0.25) is 0 Å². The summed E-state index contributed by atoms with van der Waals surface area (Å²) in [5, 5.41) is 0. The molecule has 1 saturated carbocycles. The van der Waals surface area contributed by atoms with E-state index in [0.717, 1.165) is 77.2 Å². The first-order chi connectivity index (χ1) is 15.1. The van der Waals surface area contributed by atoms with Crippen molar-refractivity contribution in [1.82, 2.24) is 9.80 Å². The summed E-state index contributed by atoms with van der Waals surface area (Å²) < 4.78 is 5.59. The summed E-state index contributed by atoms with van der Waals surface area (Å²) in [4.78, 5) is 42.7. The molecule has 3 heterocycles. The lowest BCUT2D eigenvalue weighted by Gasteiger charge is -2.32. The van der Waals surface area contributed by atoms with Crippen LogP contribution in [0.1, 0.15) is 43.2 Å². The van der Waals surface area contributed by atoms with Crippen LogP contribution >= 0.6 is 0 Å². The molecule has 7 heteroatoms. The van der Waals surface area contributed by atoms with Crippen molar-refractivity contribution in [2.24, 2.45) is 11.8 Å². The first kappa shape index (κ1) is 20.5. The van der Waals surface area contributed by atoms with Crippen LogP contribution in [0.25, 0.3) is 0 Å². The van der Waals surface area contributed by atoms with Crippen molar-refractivity contribution in [2.75, 3.05) is 39.3 Å². The predicted molar refractivity (Wildman–Crippen MR) is 113 cm³/mol. The monoisotopic (exact) mass is 426 g/mol. The molecule has 1 N–H and O–H groups in total. The molecule has 4 aliphatic rings. The van der Waals surface area contributed by atoms with Gasteiger partial charge in [-0.05, 0) is 36.6 Å². The minimum Gasteiger partial charge on any atom is -0.493 e. The Labute approximate surface area is 183 Å². The molecule has 7 nitrogen and oxygen atoms in total. The number of imide groups is 1. The molecule has 31 heavy (non-hydrogen) atoms. The number of ether oxygens (including phenoxy) is 1. The second kappa shape index (κ2) is 8.61. The molecule has 0 aromatic heterocycles. The van der Waals surface area contributed by atoms with E-state index >= 15 is 0 Å². The van der Waals surface area contributed by atoms with Gasteiger partial charge >= 0.3 is 0 Å². The third-order valence-electron chi connectivity index (χ3n) is 7.51. The molecular formula is C24H32N3O4+. The molecule has 0 unspecified atom stereocenters. The SMILES string of the molecule is O=C(CCN1C(=O)[C@H]2CCCC[C@@H]2C1=O)N1CC[NH+](Cc2ccc3c(c2)CCO3)CC1. The van der Waals surface area contributed by atoms with Crippen molar-refractivity contribution in [2.45, 2.75) is 45.1 Å². The molecule has 2 atom stereocenters. The third-order valence-corrected chi connectivity index (χ3v) is 7.51. The third kappa shape index (κ3) is 4.07. The Balaban J connectivity index is 1.09. The summed E-state index contributed by atoms with van der Waals surface area (Å²) in [6.45, 7) is 5.30. The van der Waals surface area contributed by atoms with Crippen molar-refractivity contribution >= 4 is 17.7 Å². The zero-order chi connectivity index (χ0) is 21.4. The van der Waals surface area contributed by atoms with Gasteiger partial charge in [-0.1, -0.05) is 12.8 Å². The molecule has 3 amide bonds. The average Bonchev–Trinajstić information content (AvgIpc) is 3.35. The van der Waals surface area contributed by atoms with Crippen molar-refractivity contribution in [3.8, 4) is 5.75 Å². The van der Waals surface area contributed by atoms with Crippen LogP contribution in [0.5, 0.6) is 5.75 Å². The normalized spacial score (nSPS) is 26.1. The molecule has 5 rings (SSSR count). The fourth-order valence-electron chi connectivity index (χ4n) is 5.70. The highest BCUT2D eigenvalue weighted by Crippen LogP contribution is 2.38. The number of benzene rings is 1. The summed E-state index contributed by atoms with van der Waals surface area (Å²) in [5.41, 5.74) is 2.63. The molecule has 0 radical (unpaired) electrons. The average molecular weight is 427 g/mol. The number of amides is 3. The van der Waals surface area contributed by atoms with E-state index in [-0.39, 0.29) is 42.5 Å². The predicted octanol–water partition coefficient (Wildman–Crippen LogP) is 0.414. The fourth-order valence-corrected chi connectivity index (χ4v) is 5.70. The lowest BCUT2D eigenvalue weighted by molar-refractivity contribution is -0.917. The van der Waals surface area contributed by atoms with E-state index in [1.807, 2.05) is 4.90 Å². The minimum absolute atomic E-state index is 0.0449. The van der Waals surface area contributed by atoms with E-state index in [1.165, 1.54) is 20.9 Å². The van der Waals surface area contributed by atoms with Crippen LogP contribution in [0.15, 0.2) is 18.2 Å². The smallest absolute Gasteiger partial charge is 0.233 e. The summed E-state index contributed by atoms with van der Waals surface area (Å²) >= 11 is 0. The van der Waals surface area contributed by atoms with Crippen LogP contribution in [-0.2, 0) is 27.3 Å². The van der Waals surface area contributed by atoms with E-state index in [4.69, 9.17) is 4.74 Å². The van der Waals surface area contributed by atoms with Crippen LogP contribution in [-0.4, -0.2) is 66.9 Å². The topological polar surface area (TPSA) is 71.4 Å². The number of carbonyl (C=O) groups is 3. The number of hydrogen-bond donors (Lipinski definition) is 1. The molecule has 2 saturated heterocycles. The van der Waals surface area contributed by atoms with E-state index in [1.54, 1.807) is 0 Å². The van der Waals surface area contributed by atoms with Gasteiger partial charge in [-0.15, -0.1) is 0 Å². The largest absolute Gasteiger partial charge is 0.493 e. The maximum Gasteiger partial charge on any atom is 0.233 e. The van der Waals surface area contributed by atoms with Crippen molar-refractivity contribution in [3.63, 3.8) is 0 Å². The number of rotatable bonds is 5. The molecule has 1 aromatic carbocycles. The van der Waals surface area contributed by atoms with Gasteiger partial charge < -0.3 is 14.5 Å². The Morgan fingerprint density at radius 2 is 1.77 bits per heavy atom. The van der Waals surface area contributed by atoms with Crippen molar-refractivity contribution < 1.29 is 24.0 Å². The Kier molecular flexibility index (Phi) is 5.69. The number of quaternary nitrogens is 1. The van der Waals surface area contributed by atoms with Crippen LogP contribution in [0, 0.1) is 11.8 Å². The molecule has 0 spiro atoms. The highest BCUT2D eigenvalue weighted by molar-refractivity contribution is 6.05. The van der Waals surface area contributed by atoms with Gasteiger partial charge in [0.05, 0.1) is 44.6 Å². The van der Waals surface area contributed by atoms with Gasteiger partial charge in [-0.3, -0.25) is 19.3 Å². The van der Waals surface area contributed by atoms with Crippen LogP contribution < -0.4 is 9.64 Å². The quantitative estimate of drug-likeness (QED) is 0.693. The first-order valence-electron chi connectivity index (χ1n) is 11.8. The number of fused-ring (bicyclic) bond motifs is 2. The first-order valence-corrected chi connectivity index (χ1v) is 11.8. The molecule has 0 bridgehead atoms. The van der Waals surface area contributed by atoms with Crippen molar-refractivity contribution in [1.29, 1.82) is 0 Å². The Morgan fingerprint density at radius 1 is 1.06 bits per heavy atom. The molecule has 166 valence electrons. The summed E-state index contributed by atoms with van der Waals surface area (Å²) in [5.74, 6) is 0.726. The van der Waals surface area contributed by atoms with E-state index < -0.39 is 0 Å². The summed E-state index contributed by atoms with van der Waals surface area (Å²) in [6, 6.07) is 6.48. The van der Waals surface area contributed by atoms with Gasteiger partial charge in [-0.2, -0.15) is 0 Å². The van der Waals surface area contributed by atoms with Gasteiger partial charge in [0.1, 0.15) is 12.3 Å². The number of nitrogens with one attached hydrogen (secondary N) is 1. The molecule has 3 aliphatic heterocycles. The Hall–Kier alpha value is -2.41. The highest BCUT2D eigenvalue weighted by Gasteiger charge is 2.47. The van der Waals surface area contributed by atoms with Crippen LogP contribution in [0.3, 0.4) is 0 Å². The fraction of sp³-hybridized carbons (Fsp3) is 0.625. The number of nitrogens with zero attached hydrogens (tertiary/aromatic N) is 2. The highest BCUT2D eigenvalue weighted by atomic mass is 16.5. The number of hydrogen-bond acceptors (Lipinski definition) is 4. The van der Waals surface area contributed by atoms with E-state index in [2.05, 4.69) is 18.2 Å². The van der Waals surface area contributed by atoms with Crippen molar-refractivity contribution in [3.05, 3.63) is 29.3 Å². The molecule has 3 fully saturated rings. The standard InChI is InChI=1S/C24H31N3O4/c28-22(7-9-27-23(29)19-3-1-2-4-20(19)24(27)30)26-12-10-25(11-13-26)16-17-5-6-21-18(15-17)8-14-31-21/h5-6,15,19-20H,1-4,7-14,16H2/p+1/t19-,20-/m0/s1. The minimum atomic E-state index is -0.130. The molecule has 1 aromatic rings. The van der Waals surface area contributed by atoms with Gasteiger partial charge in [0.2, 0.25) is 17.7 Å². The maximum absolute atomic E-state index is 12.7. The van der Waals surface area contributed by atoms with Gasteiger partial charge in [0.25, 0.3) is 0 Å². The maximum atomic E-state index is 12.7. The zero-order valence-electron chi connectivity index (χ0n) is 18.1. The molecular weight excluding hydrogens is 394 g/mol. The van der Waals surface area contributed by atoms with Crippen LogP contribution in [0.4, 0.5) is 0 Å². The molecule has 1 aliphatic carbocycles. The van der Waals surface area contributed by atoms with Gasteiger partial charge in [0.15, 0.2) is 0 Å². The number of carbonyl (C=O) groups excluding carboxylic acids is 3.